The van der Waals surface area contributed by atoms with Gasteiger partial charge in [0.15, 0.2) is 0 Å². The number of aromatic nitrogens is 1. The molecule has 0 saturated carbocycles. The van der Waals surface area contributed by atoms with Crippen molar-refractivity contribution in [2.45, 2.75) is 26.8 Å². The summed E-state index contributed by atoms with van der Waals surface area (Å²) < 4.78 is 7.73. The number of carboxylic acids is 1. The van der Waals surface area contributed by atoms with Crippen molar-refractivity contribution in [3.63, 3.8) is 0 Å². The number of ether oxygens (including phenoxy) is 1. The predicted molar refractivity (Wildman–Crippen MR) is 131 cm³/mol. The molecule has 0 atom stereocenters. The quantitative estimate of drug-likeness (QED) is 0.392. The maximum absolute atomic E-state index is 11.5. The molecule has 1 aliphatic rings. The molecule has 32 heavy (non-hydrogen) atoms. The number of fused-ring (bicyclic) bond motifs is 4. The Kier molecular flexibility index (Phi) is 4.86. The Morgan fingerprint density at radius 2 is 1.78 bits per heavy atom. The Labute approximate surface area is 187 Å². The summed E-state index contributed by atoms with van der Waals surface area (Å²) in [6.07, 6.45) is 2.17. The maximum Gasteiger partial charge on any atom is 0.307 e. The molecule has 0 fully saturated rings. The molecular weight excluding hydrogens is 398 g/mol. The molecule has 3 aromatic carbocycles. The zero-order valence-electron chi connectivity index (χ0n) is 18.5. The predicted octanol–water partition coefficient (Wildman–Crippen LogP) is 6.63. The number of hydrogen-bond donors (Lipinski definition) is 1. The van der Waals surface area contributed by atoms with Gasteiger partial charge in [0.25, 0.3) is 0 Å². The summed E-state index contributed by atoms with van der Waals surface area (Å²) in [4.78, 5) is 11.5. The molecule has 0 aliphatic heterocycles. The van der Waals surface area contributed by atoms with Gasteiger partial charge in [-0.2, -0.15) is 0 Å². The van der Waals surface area contributed by atoms with Gasteiger partial charge in [-0.1, -0.05) is 30.3 Å². The highest BCUT2D eigenvalue weighted by Crippen LogP contribution is 2.45. The van der Waals surface area contributed by atoms with E-state index in [0.29, 0.717) is 0 Å². The topological polar surface area (TPSA) is 51.5 Å². The van der Waals surface area contributed by atoms with Crippen molar-refractivity contribution in [2.24, 2.45) is 0 Å². The first-order valence-electron chi connectivity index (χ1n) is 10.8. The number of aryl methyl sites for hydroxylation is 1. The van der Waals surface area contributed by atoms with Gasteiger partial charge in [-0.3, -0.25) is 4.79 Å². The lowest BCUT2D eigenvalue weighted by molar-refractivity contribution is -0.135. The fraction of sp³-hybridized carbons (Fsp3) is 0.179. The number of allylic oxidation sites excluding steroid dienone is 2. The zero-order valence-corrected chi connectivity index (χ0v) is 18.5. The summed E-state index contributed by atoms with van der Waals surface area (Å²) in [6, 6.07) is 21.0. The third-order valence-corrected chi connectivity index (χ3v) is 6.45. The van der Waals surface area contributed by atoms with Crippen LogP contribution in [0.15, 0.2) is 66.2 Å². The number of methoxy groups -OCH3 is 1. The van der Waals surface area contributed by atoms with E-state index in [0.717, 1.165) is 45.7 Å². The first-order chi connectivity index (χ1) is 15.5. The molecule has 4 heteroatoms. The maximum atomic E-state index is 11.5. The first-order valence-corrected chi connectivity index (χ1v) is 10.8. The highest BCUT2D eigenvalue weighted by Gasteiger charge is 2.25. The standard InChI is InChI=1S/C28H25NO3/c1-4-29-26-8-6-5-7-21(26)25-14-18(9-12-27(25)29)13-22-17(2)23(16-28(30)31)24-15-19(32-3)10-11-20(22)24/h5-15H,4,16H2,1-3H3,(H,30,31)/b22-13-. The average Bonchev–Trinajstić information content (AvgIpc) is 3.25. The van der Waals surface area contributed by atoms with Crippen LogP contribution in [0, 0.1) is 0 Å². The molecule has 1 heterocycles. The number of rotatable bonds is 5. The normalized spacial score (nSPS) is 14.5. The molecule has 160 valence electrons. The van der Waals surface area contributed by atoms with E-state index >= 15 is 0 Å². The third kappa shape index (κ3) is 3.11. The van der Waals surface area contributed by atoms with Crippen LogP contribution in [0.3, 0.4) is 0 Å². The highest BCUT2D eigenvalue weighted by molar-refractivity contribution is 6.11. The van der Waals surface area contributed by atoms with Crippen LogP contribution in [0.25, 0.3) is 39.0 Å². The largest absolute Gasteiger partial charge is 0.497 e. The van der Waals surface area contributed by atoms with Crippen LogP contribution < -0.4 is 4.74 Å². The zero-order chi connectivity index (χ0) is 22.4. The van der Waals surface area contributed by atoms with Crippen molar-refractivity contribution >= 4 is 45.0 Å². The Bertz CT molecular complexity index is 1450. The lowest BCUT2D eigenvalue weighted by Gasteiger charge is -2.07. The van der Waals surface area contributed by atoms with E-state index in [1.165, 1.54) is 21.8 Å². The van der Waals surface area contributed by atoms with Gasteiger partial charge in [0.1, 0.15) is 5.75 Å². The first kappa shape index (κ1) is 20.1. The van der Waals surface area contributed by atoms with Crippen LogP contribution in [0.1, 0.15) is 37.0 Å². The van der Waals surface area contributed by atoms with E-state index in [1.807, 2.05) is 25.1 Å². The van der Waals surface area contributed by atoms with Crippen LogP contribution >= 0.6 is 0 Å². The number of nitrogens with zero attached hydrogens (tertiary/aromatic N) is 1. The van der Waals surface area contributed by atoms with Crippen molar-refractivity contribution in [2.75, 3.05) is 7.11 Å². The van der Waals surface area contributed by atoms with Crippen molar-refractivity contribution in [1.29, 1.82) is 0 Å². The van der Waals surface area contributed by atoms with E-state index < -0.39 is 5.97 Å². The summed E-state index contributed by atoms with van der Waals surface area (Å²) >= 11 is 0. The summed E-state index contributed by atoms with van der Waals surface area (Å²) in [5.41, 5.74) is 8.49. The summed E-state index contributed by atoms with van der Waals surface area (Å²) in [7, 11) is 1.63. The number of hydrogen-bond acceptors (Lipinski definition) is 2. The van der Waals surface area contributed by atoms with E-state index in [4.69, 9.17) is 4.74 Å². The Morgan fingerprint density at radius 3 is 2.53 bits per heavy atom. The van der Waals surface area contributed by atoms with E-state index in [1.54, 1.807) is 7.11 Å². The van der Waals surface area contributed by atoms with Gasteiger partial charge in [0.05, 0.1) is 13.5 Å². The molecule has 0 bridgehead atoms. The monoisotopic (exact) mass is 423 g/mol. The van der Waals surface area contributed by atoms with Crippen molar-refractivity contribution < 1.29 is 14.6 Å². The van der Waals surface area contributed by atoms with Gasteiger partial charge < -0.3 is 14.4 Å². The van der Waals surface area contributed by atoms with Gasteiger partial charge in [-0.25, -0.2) is 0 Å². The minimum Gasteiger partial charge on any atom is -0.497 e. The van der Waals surface area contributed by atoms with Crippen LogP contribution in [-0.2, 0) is 11.3 Å². The number of aliphatic carboxylic acids is 1. The molecule has 0 saturated heterocycles. The van der Waals surface area contributed by atoms with Crippen LogP contribution in [0.5, 0.6) is 5.75 Å². The number of para-hydroxylation sites is 1. The number of carbonyl (C=O) groups is 1. The Morgan fingerprint density at radius 1 is 1.00 bits per heavy atom. The van der Waals surface area contributed by atoms with Crippen molar-refractivity contribution in [3.8, 4) is 5.75 Å². The molecule has 0 spiro atoms. The van der Waals surface area contributed by atoms with Gasteiger partial charge in [-0.15, -0.1) is 0 Å². The second-order valence-corrected chi connectivity index (χ2v) is 8.18. The van der Waals surface area contributed by atoms with Crippen LogP contribution in [0.4, 0.5) is 0 Å². The van der Waals surface area contributed by atoms with Gasteiger partial charge in [0.2, 0.25) is 0 Å². The molecule has 0 unspecified atom stereocenters. The molecule has 1 N–H and O–H groups in total. The van der Waals surface area contributed by atoms with Gasteiger partial charge in [-0.05, 0) is 83.7 Å². The van der Waals surface area contributed by atoms with E-state index in [-0.39, 0.29) is 6.42 Å². The molecule has 0 radical (unpaired) electrons. The number of benzene rings is 3. The third-order valence-electron chi connectivity index (χ3n) is 6.45. The SMILES string of the molecule is CCn1c2ccccc2c2cc(/C=C3/C(C)=C(CC(=O)O)c4cc(OC)ccc43)ccc21. The molecule has 0 amide bonds. The summed E-state index contributed by atoms with van der Waals surface area (Å²) in [6.45, 7) is 5.10. The Balaban J connectivity index is 1.70. The molecule has 5 rings (SSSR count). The smallest absolute Gasteiger partial charge is 0.307 e. The minimum atomic E-state index is -0.830. The Hall–Kier alpha value is -3.79. The summed E-state index contributed by atoms with van der Waals surface area (Å²) in [5.74, 6) is -0.0994. The lowest BCUT2D eigenvalue weighted by atomic mass is 9.99. The second-order valence-electron chi connectivity index (χ2n) is 8.18. The van der Waals surface area contributed by atoms with Crippen LogP contribution in [-0.4, -0.2) is 22.8 Å². The lowest BCUT2D eigenvalue weighted by Crippen LogP contribution is -1.97. The number of carboxylic acid groups (broad SMARTS) is 1. The second kappa shape index (κ2) is 7.72. The highest BCUT2D eigenvalue weighted by atomic mass is 16.5. The molecule has 1 aliphatic carbocycles. The fourth-order valence-corrected chi connectivity index (χ4v) is 4.93. The fourth-order valence-electron chi connectivity index (χ4n) is 4.93. The summed E-state index contributed by atoms with van der Waals surface area (Å²) in [5, 5.41) is 12.0. The molecular formula is C28H25NO3. The van der Waals surface area contributed by atoms with E-state index in [9.17, 15) is 9.90 Å². The van der Waals surface area contributed by atoms with Gasteiger partial charge in [0, 0.05) is 28.4 Å². The van der Waals surface area contributed by atoms with Gasteiger partial charge >= 0.3 is 5.97 Å². The average molecular weight is 424 g/mol. The van der Waals surface area contributed by atoms with Crippen molar-refractivity contribution in [3.05, 3.63) is 82.9 Å². The molecule has 4 aromatic rings. The van der Waals surface area contributed by atoms with E-state index in [2.05, 4.69) is 60.0 Å². The minimum absolute atomic E-state index is 0.00758. The molecule has 1 aromatic heterocycles. The molecule has 4 nitrogen and oxygen atoms in total. The van der Waals surface area contributed by atoms with Crippen LogP contribution in [0.2, 0.25) is 0 Å². The van der Waals surface area contributed by atoms with Crippen molar-refractivity contribution in [1.82, 2.24) is 4.57 Å².